The topological polar surface area (TPSA) is 108 Å². The first kappa shape index (κ1) is 27.3. The Bertz CT molecular complexity index is 1430. The molecule has 2 aromatic carbocycles. The van der Waals surface area contributed by atoms with Gasteiger partial charge in [0.1, 0.15) is 0 Å². The Hall–Kier alpha value is -2.76. The molecule has 0 bridgehead atoms. The van der Waals surface area contributed by atoms with Gasteiger partial charge in [-0.2, -0.15) is 9.41 Å². The van der Waals surface area contributed by atoms with Crippen LogP contribution in [0.2, 0.25) is 9.36 Å². The lowest BCUT2D eigenvalue weighted by Crippen LogP contribution is -2.42. The highest BCUT2D eigenvalue weighted by atomic mass is 35.5. The quantitative estimate of drug-likeness (QED) is 0.295. The van der Waals surface area contributed by atoms with Gasteiger partial charge in [-0.3, -0.25) is 9.59 Å². The van der Waals surface area contributed by atoms with E-state index >= 15 is 0 Å². The molecule has 37 heavy (non-hydrogen) atoms. The molecule has 1 saturated heterocycles. The van der Waals surface area contributed by atoms with Crippen molar-refractivity contribution in [2.24, 2.45) is 11.0 Å². The van der Waals surface area contributed by atoms with Crippen LogP contribution in [0, 0.1) is 5.92 Å². The standard InChI is InChI=1S/C25H24Cl2N4O4S2/c1-16(18-3-2-4-20(15-18)28-25(33)22-9-10-23(27)36-22)29-30-24(32)17-11-13-31(14-12-17)37(34,35)21-7-5-19(26)6-8-21/h2-10,15,17H,11-14H2,1H3,(H,28,33)(H,30,32). The van der Waals surface area contributed by atoms with Crippen LogP contribution in [-0.4, -0.2) is 43.3 Å². The molecule has 1 fully saturated rings. The van der Waals surface area contributed by atoms with Crippen molar-refractivity contribution in [3.63, 3.8) is 0 Å². The number of nitrogens with zero attached hydrogens (tertiary/aromatic N) is 2. The van der Waals surface area contributed by atoms with Crippen molar-refractivity contribution in [3.8, 4) is 0 Å². The smallest absolute Gasteiger partial charge is 0.265 e. The number of carbonyl (C=O) groups excluding carboxylic acids is 2. The molecule has 1 aliphatic rings. The van der Waals surface area contributed by atoms with E-state index < -0.39 is 10.0 Å². The Balaban J connectivity index is 1.32. The van der Waals surface area contributed by atoms with Crippen molar-refractivity contribution in [2.75, 3.05) is 18.4 Å². The fourth-order valence-corrected chi connectivity index (χ4v) is 6.39. The summed E-state index contributed by atoms with van der Waals surface area (Å²) in [6.45, 7) is 2.23. The SMILES string of the molecule is CC(=NNC(=O)C1CCN(S(=O)(=O)c2ccc(Cl)cc2)CC1)c1cccc(NC(=O)c2ccc(Cl)s2)c1. The number of rotatable bonds is 7. The van der Waals surface area contributed by atoms with Crippen LogP contribution in [0.25, 0.3) is 0 Å². The van der Waals surface area contributed by atoms with E-state index in [1.54, 1.807) is 49.4 Å². The lowest BCUT2D eigenvalue weighted by atomic mass is 9.98. The second-order valence-corrected chi connectivity index (χ2v) is 12.5. The average molecular weight is 580 g/mol. The monoisotopic (exact) mass is 578 g/mol. The predicted octanol–water partition coefficient (Wildman–Crippen LogP) is 5.25. The highest BCUT2D eigenvalue weighted by Gasteiger charge is 2.32. The van der Waals surface area contributed by atoms with Crippen molar-refractivity contribution < 1.29 is 18.0 Å². The first-order valence-electron chi connectivity index (χ1n) is 11.4. The van der Waals surface area contributed by atoms with Gasteiger partial charge in [-0.1, -0.05) is 35.3 Å². The summed E-state index contributed by atoms with van der Waals surface area (Å²) in [5, 5.41) is 7.51. The number of nitrogens with one attached hydrogen (secondary N) is 2. The molecule has 2 amide bonds. The Morgan fingerprint density at radius 1 is 1.03 bits per heavy atom. The fourth-order valence-electron chi connectivity index (χ4n) is 3.86. The molecule has 3 aromatic rings. The van der Waals surface area contributed by atoms with E-state index in [9.17, 15) is 18.0 Å². The summed E-state index contributed by atoms with van der Waals surface area (Å²) in [7, 11) is -3.64. The third-order valence-electron chi connectivity index (χ3n) is 5.95. The van der Waals surface area contributed by atoms with E-state index in [1.165, 1.54) is 27.8 Å². The number of sulfonamides is 1. The van der Waals surface area contributed by atoms with Crippen molar-refractivity contribution in [3.05, 3.63) is 80.5 Å². The van der Waals surface area contributed by atoms with Crippen LogP contribution in [0.15, 0.2) is 70.7 Å². The highest BCUT2D eigenvalue weighted by Crippen LogP contribution is 2.25. The molecule has 0 unspecified atom stereocenters. The summed E-state index contributed by atoms with van der Waals surface area (Å²) in [4.78, 5) is 25.8. The Kier molecular flexibility index (Phi) is 8.66. The van der Waals surface area contributed by atoms with Crippen molar-refractivity contribution in [1.82, 2.24) is 9.73 Å². The van der Waals surface area contributed by atoms with Gasteiger partial charge in [0.15, 0.2) is 0 Å². The molecule has 0 atom stereocenters. The summed E-state index contributed by atoms with van der Waals surface area (Å²) in [6.07, 6.45) is 0.781. The minimum absolute atomic E-state index is 0.178. The van der Waals surface area contributed by atoms with Gasteiger partial charge in [0, 0.05) is 29.7 Å². The molecule has 0 spiro atoms. The van der Waals surface area contributed by atoms with Crippen molar-refractivity contribution in [1.29, 1.82) is 0 Å². The fraction of sp³-hybridized carbons (Fsp3) is 0.240. The number of amides is 2. The van der Waals surface area contributed by atoms with E-state index in [2.05, 4.69) is 15.8 Å². The zero-order valence-corrected chi connectivity index (χ0v) is 22.9. The summed E-state index contributed by atoms with van der Waals surface area (Å²) < 4.78 is 27.6. The molecule has 2 heterocycles. The minimum Gasteiger partial charge on any atom is -0.321 e. The second kappa shape index (κ2) is 11.7. The van der Waals surface area contributed by atoms with Crippen LogP contribution < -0.4 is 10.7 Å². The Labute approximate surface area is 229 Å². The molecule has 2 N–H and O–H groups in total. The average Bonchev–Trinajstić information content (AvgIpc) is 3.34. The third-order valence-corrected chi connectivity index (χ3v) is 9.34. The number of thiophene rings is 1. The normalized spacial score (nSPS) is 15.4. The molecule has 0 aliphatic carbocycles. The summed E-state index contributed by atoms with van der Waals surface area (Å²) >= 11 is 13.0. The minimum atomic E-state index is -3.64. The van der Waals surface area contributed by atoms with Crippen LogP contribution in [0.5, 0.6) is 0 Å². The van der Waals surface area contributed by atoms with Gasteiger partial charge in [0.05, 0.1) is 19.8 Å². The van der Waals surface area contributed by atoms with Crippen LogP contribution in [0.1, 0.15) is 35.0 Å². The molecule has 0 radical (unpaired) electrons. The Morgan fingerprint density at radius 3 is 2.38 bits per heavy atom. The molecule has 1 aliphatic heterocycles. The number of benzene rings is 2. The number of halogens is 2. The number of anilines is 1. The third kappa shape index (κ3) is 6.77. The van der Waals surface area contributed by atoms with Gasteiger partial charge in [-0.15, -0.1) is 11.3 Å². The van der Waals surface area contributed by atoms with Crippen LogP contribution in [-0.2, 0) is 14.8 Å². The molecule has 0 saturated carbocycles. The zero-order valence-electron chi connectivity index (χ0n) is 19.8. The lowest BCUT2D eigenvalue weighted by molar-refractivity contribution is -0.126. The van der Waals surface area contributed by atoms with Crippen LogP contribution >= 0.6 is 34.5 Å². The molecule has 8 nitrogen and oxygen atoms in total. The molecule has 1 aromatic heterocycles. The van der Waals surface area contributed by atoms with Gasteiger partial charge in [0.2, 0.25) is 15.9 Å². The van der Waals surface area contributed by atoms with Gasteiger partial charge in [-0.05, 0) is 73.9 Å². The lowest BCUT2D eigenvalue weighted by Gasteiger charge is -2.30. The maximum atomic E-state index is 12.9. The zero-order chi connectivity index (χ0) is 26.6. The van der Waals surface area contributed by atoms with E-state index in [0.29, 0.717) is 38.5 Å². The summed E-state index contributed by atoms with van der Waals surface area (Å²) in [5.74, 6) is -0.875. The second-order valence-electron chi connectivity index (χ2n) is 8.44. The number of piperidine rings is 1. The van der Waals surface area contributed by atoms with Crippen LogP contribution in [0.4, 0.5) is 5.69 Å². The van der Waals surface area contributed by atoms with Gasteiger partial charge < -0.3 is 5.32 Å². The number of hydrazone groups is 1. The molecule has 12 heteroatoms. The molecular formula is C25H24Cl2N4O4S2. The maximum Gasteiger partial charge on any atom is 0.265 e. The number of carbonyl (C=O) groups is 2. The summed E-state index contributed by atoms with van der Waals surface area (Å²) in [6, 6.07) is 16.5. The predicted molar refractivity (Wildman–Crippen MR) is 147 cm³/mol. The largest absolute Gasteiger partial charge is 0.321 e. The summed E-state index contributed by atoms with van der Waals surface area (Å²) in [5.41, 5.74) is 4.47. The highest BCUT2D eigenvalue weighted by molar-refractivity contribution is 7.89. The van der Waals surface area contributed by atoms with E-state index in [4.69, 9.17) is 23.2 Å². The van der Waals surface area contributed by atoms with E-state index in [-0.39, 0.29) is 35.7 Å². The maximum absolute atomic E-state index is 12.9. The van der Waals surface area contributed by atoms with Gasteiger partial charge in [-0.25, -0.2) is 13.8 Å². The molecule has 4 rings (SSSR count). The van der Waals surface area contributed by atoms with Crippen LogP contribution in [0.3, 0.4) is 0 Å². The van der Waals surface area contributed by atoms with Gasteiger partial charge in [0.25, 0.3) is 5.91 Å². The number of hydrogen-bond donors (Lipinski definition) is 2. The molecular weight excluding hydrogens is 555 g/mol. The van der Waals surface area contributed by atoms with Crippen molar-refractivity contribution in [2.45, 2.75) is 24.7 Å². The van der Waals surface area contributed by atoms with E-state index in [1.807, 2.05) is 6.07 Å². The van der Waals surface area contributed by atoms with Gasteiger partial charge >= 0.3 is 0 Å². The van der Waals surface area contributed by atoms with Crippen molar-refractivity contribution >= 4 is 67.8 Å². The first-order chi connectivity index (χ1) is 17.6. The number of hydrogen-bond acceptors (Lipinski definition) is 6. The molecule has 194 valence electrons. The van der Waals surface area contributed by atoms with E-state index in [0.717, 1.165) is 5.56 Å². The first-order valence-corrected chi connectivity index (χ1v) is 14.4. The Morgan fingerprint density at radius 2 is 1.73 bits per heavy atom.